The molecule has 1 aliphatic heterocycles. The molecule has 0 spiro atoms. The lowest BCUT2D eigenvalue weighted by Gasteiger charge is -2.40. The van der Waals surface area contributed by atoms with Gasteiger partial charge in [0.2, 0.25) is 0 Å². The molecular formula is C28H38ClN3O4. The Morgan fingerprint density at radius 3 is 2.53 bits per heavy atom. The van der Waals surface area contributed by atoms with Gasteiger partial charge in [-0.1, -0.05) is 29.8 Å². The van der Waals surface area contributed by atoms with Gasteiger partial charge < -0.3 is 19.7 Å². The van der Waals surface area contributed by atoms with E-state index in [1.165, 1.54) is 7.11 Å². The Hall–Kier alpha value is -2.77. The van der Waals surface area contributed by atoms with Crippen LogP contribution in [0.25, 0.3) is 6.08 Å². The molecule has 0 bridgehead atoms. The molecule has 1 aromatic carbocycles. The third-order valence-electron chi connectivity index (χ3n) is 6.29. The Kier molecular flexibility index (Phi) is 9.63. The summed E-state index contributed by atoms with van der Waals surface area (Å²) in [5, 5.41) is 3.62. The summed E-state index contributed by atoms with van der Waals surface area (Å²) in [6, 6.07) is 5.89. The third-order valence-corrected chi connectivity index (χ3v) is 6.52. The maximum atomic E-state index is 12.8. The summed E-state index contributed by atoms with van der Waals surface area (Å²) in [6.07, 6.45) is 10.1. The van der Waals surface area contributed by atoms with Gasteiger partial charge in [-0.05, 0) is 81.1 Å². The zero-order valence-corrected chi connectivity index (χ0v) is 22.7. The molecular weight excluding hydrogens is 478 g/mol. The third kappa shape index (κ3) is 7.37. The number of allylic oxidation sites excluding steroid dienone is 2. The fourth-order valence-electron chi connectivity index (χ4n) is 4.57. The van der Waals surface area contributed by atoms with Crippen molar-refractivity contribution in [1.82, 2.24) is 15.1 Å². The topological polar surface area (TPSA) is 71.1 Å². The minimum Gasteiger partial charge on any atom is -0.465 e. The van der Waals surface area contributed by atoms with Gasteiger partial charge in [0.25, 0.3) is 0 Å². The average molecular weight is 516 g/mol. The number of unbranched alkanes of at least 4 members (excludes halogenated alkanes) is 1. The molecule has 1 amide bonds. The minimum atomic E-state index is -0.522. The SMILES string of the molecule is CN/C=C\CC/C=C1\CC(N2CCN(C(=O)OC(C)(C)C)CC2)c2ccc(Cl)cc2C=C1C(=O)OC. The van der Waals surface area contributed by atoms with Crippen LogP contribution < -0.4 is 5.32 Å². The normalized spacial score (nSPS) is 20.1. The second-order valence-electron chi connectivity index (χ2n) is 10.0. The zero-order valence-electron chi connectivity index (χ0n) is 22.0. The van der Waals surface area contributed by atoms with Crippen LogP contribution in [0.3, 0.4) is 0 Å². The van der Waals surface area contributed by atoms with Crippen LogP contribution in [-0.2, 0) is 14.3 Å². The number of hydrogen-bond acceptors (Lipinski definition) is 6. The van der Waals surface area contributed by atoms with Crippen LogP contribution >= 0.6 is 11.6 Å². The van der Waals surface area contributed by atoms with E-state index in [2.05, 4.69) is 22.4 Å². The average Bonchev–Trinajstić information content (AvgIpc) is 2.99. The van der Waals surface area contributed by atoms with Crippen LogP contribution in [0.1, 0.15) is 57.2 Å². The van der Waals surface area contributed by atoms with Crippen LogP contribution in [0.5, 0.6) is 0 Å². The predicted molar refractivity (Wildman–Crippen MR) is 144 cm³/mol. The molecule has 0 radical (unpaired) electrons. The number of nitrogens with zero attached hydrogens (tertiary/aromatic N) is 2. The minimum absolute atomic E-state index is 0.0376. The van der Waals surface area contributed by atoms with Crippen LogP contribution in [0.2, 0.25) is 5.02 Å². The van der Waals surface area contributed by atoms with Gasteiger partial charge in [-0.2, -0.15) is 0 Å². The van der Waals surface area contributed by atoms with E-state index in [9.17, 15) is 9.59 Å². The second kappa shape index (κ2) is 12.5. The number of ether oxygens (including phenoxy) is 2. The molecule has 1 aliphatic carbocycles. The first-order valence-electron chi connectivity index (χ1n) is 12.5. The number of esters is 1. The molecule has 7 nitrogen and oxygen atoms in total. The van der Waals surface area contributed by atoms with Crippen LogP contribution in [0, 0.1) is 0 Å². The van der Waals surface area contributed by atoms with Crippen molar-refractivity contribution in [2.24, 2.45) is 0 Å². The highest BCUT2D eigenvalue weighted by Gasteiger charge is 2.33. The Labute approximate surface area is 219 Å². The molecule has 8 heteroatoms. The van der Waals surface area contributed by atoms with E-state index < -0.39 is 5.60 Å². The van der Waals surface area contributed by atoms with E-state index in [0.29, 0.717) is 43.2 Å². The van der Waals surface area contributed by atoms with Gasteiger partial charge in [-0.3, -0.25) is 4.90 Å². The molecule has 2 aliphatic rings. The summed E-state index contributed by atoms with van der Waals surface area (Å²) in [5.74, 6) is -0.353. The lowest BCUT2D eigenvalue weighted by atomic mass is 9.94. The predicted octanol–water partition coefficient (Wildman–Crippen LogP) is 5.33. The van der Waals surface area contributed by atoms with Crippen LogP contribution in [-0.4, -0.2) is 67.8 Å². The van der Waals surface area contributed by atoms with E-state index in [1.54, 1.807) is 4.90 Å². The van der Waals surface area contributed by atoms with E-state index in [1.807, 2.05) is 58.3 Å². The molecule has 1 heterocycles. The van der Waals surface area contributed by atoms with Crippen molar-refractivity contribution in [3.8, 4) is 0 Å². The highest BCUT2D eigenvalue weighted by molar-refractivity contribution is 6.30. The second-order valence-corrected chi connectivity index (χ2v) is 10.5. The number of benzene rings is 1. The number of fused-ring (bicyclic) bond motifs is 1. The highest BCUT2D eigenvalue weighted by Crippen LogP contribution is 2.39. The smallest absolute Gasteiger partial charge is 0.410 e. The maximum absolute atomic E-state index is 12.8. The first-order chi connectivity index (χ1) is 17.1. The van der Waals surface area contributed by atoms with Crippen molar-refractivity contribution in [3.05, 3.63) is 63.8 Å². The van der Waals surface area contributed by atoms with Gasteiger partial charge in [-0.25, -0.2) is 9.59 Å². The molecule has 1 saturated heterocycles. The van der Waals surface area contributed by atoms with E-state index in [0.717, 1.165) is 29.5 Å². The summed E-state index contributed by atoms with van der Waals surface area (Å²) in [6.45, 7) is 8.21. The van der Waals surface area contributed by atoms with Gasteiger partial charge in [0, 0.05) is 44.3 Å². The van der Waals surface area contributed by atoms with Crippen molar-refractivity contribution in [2.75, 3.05) is 40.3 Å². The number of hydrogen-bond donors (Lipinski definition) is 1. The number of halogens is 1. The van der Waals surface area contributed by atoms with Crippen molar-refractivity contribution >= 4 is 29.7 Å². The number of carbonyl (C=O) groups excluding carboxylic acids is 2. The Balaban J connectivity index is 1.88. The number of rotatable bonds is 6. The molecule has 1 atom stereocenters. The van der Waals surface area contributed by atoms with E-state index in [4.69, 9.17) is 21.1 Å². The largest absolute Gasteiger partial charge is 0.465 e. The zero-order chi connectivity index (χ0) is 26.3. The van der Waals surface area contributed by atoms with Gasteiger partial charge in [-0.15, -0.1) is 0 Å². The van der Waals surface area contributed by atoms with Gasteiger partial charge in [0.15, 0.2) is 0 Å². The number of methoxy groups -OCH3 is 1. The lowest BCUT2D eigenvalue weighted by molar-refractivity contribution is -0.135. The van der Waals surface area contributed by atoms with Crippen molar-refractivity contribution < 1.29 is 19.1 Å². The van der Waals surface area contributed by atoms with Crippen molar-refractivity contribution in [1.29, 1.82) is 0 Å². The summed E-state index contributed by atoms with van der Waals surface area (Å²) in [4.78, 5) is 29.5. The fraction of sp³-hybridized carbons (Fsp3) is 0.500. The van der Waals surface area contributed by atoms with Crippen molar-refractivity contribution in [3.63, 3.8) is 0 Å². The lowest BCUT2D eigenvalue weighted by Crippen LogP contribution is -2.50. The van der Waals surface area contributed by atoms with Gasteiger partial charge in [0.05, 0.1) is 12.7 Å². The molecule has 3 rings (SSSR count). The van der Waals surface area contributed by atoms with Gasteiger partial charge in [0.1, 0.15) is 5.60 Å². The van der Waals surface area contributed by atoms with Gasteiger partial charge >= 0.3 is 12.1 Å². The molecule has 1 N–H and O–H groups in total. The molecule has 36 heavy (non-hydrogen) atoms. The fourth-order valence-corrected chi connectivity index (χ4v) is 4.75. The first-order valence-corrected chi connectivity index (χ1v) is 12.8. The molecule has 0 saturated carbocycles. The summed E-state index contributed by atoms with van der Waals surface area (Å²) in [5.41, 5.74) is 3.04. The standard InChI is InChI=1S/C28H38ClN3O4/c1-28(2,3)36-27(34)32-15-13-31(14-16-32)25-19-20(9-7-6-8-12-30-4)24(26(33)35-5)18-21-17-22(29)10-11-23(21)25/h8-12,17-18,25,30H,6-7,13-16,19H2,1-5H3/b12-8-,20-9+. The number of piperazine rings is 1. The first kappa shape index (κ1) is 27.8. The monoisotopic (exact) mass is 515 g/mol. The Morgan fingerprint density at radius 2 is 1.89 bits per heavy atom. The summed E-state index contributed by atoms with van der Waals surface area (Å²) >= 11 is 6.35. The quantitative estimate of drug-likeness (QED) is 0.407. The van der Waals surface area contributed by atoms with Crippen molar-refractivity contribution in [2.45, 2.75) is 51.7 Å². The molecule has 196 valence electrons. The van der Waals surface area contributed by atoms with Crippen LogP contribution in [0.4, 0.5) is 4.79 Å². The molecule has 0 aromatic heterocycles. The number of carbonyl (C=O) groups is 2. The Morgan fingerprint density at radius 1 is 1.17 bits per heavy atom. The summed E-state index contributed by atoms with van der Waals surface area (Å²) < 4.78 is 10.7. The number of amides is 1. The van der Waals surface area contributed by atoms with E-state index in [-0.39, 0.29) is 18.1 Å². The summed E-state index contributed by atoms with van der Waals surface area (Å²) in [7, 11) is 3.28. The molecule has 1 unspecified atom stereocenters. The Bertz CT molecular complexity index is 1030. The maximum Gasteiger partial charge on any atom is 0.410 e. The van der Waals surface area contributed by atoms with E-state index >= 15 is 0 Å². The molecule has 1 fully saturated rings. The molecule has 1 aromatic rings. The van der Waals surface area contributed by atoms with Crippen LogP contribution in [0.15, 0.2) is 47.7 Å². The number of nitrogens with one attached hydrogen (secondary N) is 1. The highest BCUT2D eigenvalue weighted by atomic mass is 35.5.